The number of aliphatic hydroxyl groups is 1. The molecule has 12 heteroatoms. The van der Waals surface area contributed by atoms with E-state index in [1.807, 2.05) is 23.6 Å². The lowest BCUT2D eigenvalue weighted by atomic mass is 9.98. The summed E-state index contributed by atoms with van der Waals surface area (Å²) in [5.74, 6) is 1.30. The summed E-state index contributed by atoms with van der Waals surface area (Å²) >= 11 is 6.00. The Balaban J connectivity index is 1.37. The summed E-state index contributed by atoms with van der Waals surface area (Å²) in [6, 6.07) is 9.13. The van der Waals surface area contributed by atoms with Gasteiger partial charge >= 0.3 is 12.2 Å². The highest BCUT2D eigenvalue weighted by Gasteiger charge is 2.40. The van der Waals surface area contributed by atoms with Gasteiger partial charge in [-0.05, 0) is 36.8 Å². The van der Waals surface area contributed by atoms with Crippen molar-refractivity contribution >= 4 is 17.6 Å². The summed E-state index contributed by atoms with van der Waals surface area (Å²) in [6.45, 7) is 2.53. The molecule has 2 aliphatic heterocycles. The van der Waals surface area contributed by atoms with Crippen LogP contribution in [0.1, 0.15) is 53.3 Å². The van der Waals surface area contributed by atoms with E-state index in [0.29, 0.717) is 35.2 Å². The van der Waals surface area contributed by atoms with Gasteiger partial charge in [-0.2, -0.15) is 13.2 Å². The molecule has 1 fully saturated rings. The summed E-state index contributed by atoms with van der Waals surface area (Å²) in [6.07, 6.45) is -4.57. The Bertz CT molecular complexity index is 1300. The van der Waals surface area contributed by atoms with Crippen LogP contribution < -0.4 is 10.1 Å². The molecule has 8 nitrogen and oxygen atoms in total. The molecular weight excluding hydrogens is 511 g/mol. The number of likely N-dealkylation sites (tertiary alicyclic amines) is 1. The molecule has 3 atom stereocenters. The number of rotatable bonds is 4. The first kappa shape index (κ1) is 25.3. The average Bonchev–Trinajstić information content (AvgIpc) is 3.42. The van der Waals surface area contributed by atoms with Crippen molar-refractivity contribution in [2.45, 2.75) is 50.7 Å². The Kier molecular flexibility index (Phi) is 6.76. The van der Waals surface area contributed by atoms with Crippen LogP contribution in [-0.2, 0) is 12.7 Å². The number of β-amino-alcohol motifs (C(OH)–C–C–N with tert-alkyl or cyclic N) is 1. The number of carbonyl (C=O) groups is 1. The molecule has 1 aromatic heterocycles. The monoisotopic (exact) mass is 535 g/mol. The zero-order chi connectivity index (χ0) is 26.3. The second-order valence-corrected chi connectivity index (χ2v) is 9.70. The number of aromatic nitrogens is 3. The lowest BCUT2D eigenvalue weighted by Gasteiger charge is -2.31. The SMILES string of the molecule is Cc1nnc(C2C[C@H](O)CN2C(=O)N[C@H]2CCOc3cc(C(F)(F)F)ccc32)n1Cc1ccc(Cl)cc1. The molecule has 196 valence electrons. The molecule has 3 heterocycles. The predicted molar refractivity (Wildman–Crippen MR) is 128 cm³/mol. The molecule has 5 rings (SSSR count). The average molecular weight is 536 g/mol. The van der Waals surface area contributed by atoms with E-state index in [-0.39, 0.29) is 25.3 Å². The largest absolute Gasteiger partial charge is 0.493 e. The molecule has 2 N–H and O–H groups in total. The smallest absolute Gasteiger partial charge is 0.416 e. The van der Waals surface area contributed by atoms with Gasteiger partial charge in [-0.3, -0.25) is 0 Å². The number of nitrogens with zero attached hydrogens (tertiary/aromatic N) is 4. The minimum atomic E-state index is -4.49. The van der Waals surface area contributed by atoms with Gasteiger partial charge in [-0.1, -0.05) is 29.8 Å². The third kappa shape index (κ3) is 5.24. The first-order valence-electron chi connectivity index (χ1n) is 11.8. The minimum Gasteiger partial charge on any atom is -0.493 e. The number of ether oxygens (including phenoxy) is 1. The van der Waals surface area contributed by atoms with Gasteiger partial charge in [0.05, 0.1) is 36.9 Å². The molecule has 1 saturated heterocycles. The fraction of sp³-hybridized carbons (Fsp3) is 0.400. The number of urea groups is 1. The van der Waals surface area contributed by atoms with Crippen molar-refractivity contribution < 1.29 is 27.8 Å². The number of benzene rings is 2. The highest BCUT2D eigenvalue weighted by atomic mass is 35.5. The first-order valence-corrected chi connectivity index (χ1v) is 12.2. The first-order chi connectivity index (χ1) is 17.6. The maximum atomic E-state index is 13.4. The van der Waals surface area contributed by atoms with Crippen molar-refractivity contribution in [3.8, 4) is 5.75 Å². The number of aliphatic hydroxyl groups excluding tert-OH is 1. The van der Waals surface area contributed by atoms with Crippen LogP contribution >= 0.6 is 11.6 Å². The van der Waals surface area contributed by atoms with Crippen molar-refractivity contribution in [2.24, 2.45) is 0 Å². The molecule has 0 saturated carbocycles. The van der Waals surface area contributed by atoms with Gasteiger partial charge in [-0.15, -0.1) is 10.2 Å². The number of aryl methyl sites for hydroxylation is 1. The van der Waals surface area contributed by atoms with E-state index in [9.17, 15) is 23.1 Å². The van der Waals surface area contributed by atoms with E-state index >= 15 is 0 Å². The van der Waals surface area contributed by atoms with Crippen LogP contribution in [0.5, 0.6) is 5.75 Å². The highest BCUT2D eigenvalue weighted by molar-refractivity contribution is 6.30. The fourth-order valence-corrected chi connectivity index (χ4v) is 4.97. The lowest BCUT2D eigenvalue weighted by molar-refractivity contribution is -0.137. The Morgan fingerprint density at radius 1 is 1.22 bits per heavy atom. The normalized spacial score (nSPS) is 21.5. The quantitative estimate of drug-likeness (QED) is 0.507. The topological polar surface area (TPSA) is 92.5 Å². The zero-order valence-corrected chi connectivity index (χ0v) is 20.6. The third-order valence-electron chi connectivity index (χ3n) is 6.73. The molecule has 37 heavy (non-hydrogen) atoms. The summed E-state index contributed by atoms with van der Waals surface area (Å²) < 4.78 is 46.7. The standard InChI is InChI=1S/C25H25ClF3N5O3/c1-14-31-32-23(33(14)12-15-2-5-17(26)6-3-15)21-11-18(35)13-34(21)24(36)30-20-8-9-37-22-10-16(25(27,28)29)4-7-19(20)22/h2-7,10,18,20-21,35H,8-9,11-13H2,1H3,(H,30,36)/t18-,20-,21?/m0/s1. The highest BCUT2D eigenvalue weighted by Crippen LogP contribution is 2.39. The van der Waals surface area contributed by atoms with Gasteiger partial charge in [-0.25, -0.2) is 4.79 Å². The van der Waals surface area contributed by atoms with Crippen molar-refractivity contribution in [1.82, 2.24) is 25.0 Å². The molecule has 0 spiro atoms. The summed E-state index contributed by atoms with van der Waals surface area (Å²) in [4.78, 5) is 14.9. The number of fused-ring (bicyclic) bond motifs is 1. The van der Waals surface area contributed by atoms with Crippen LogP contribution in [0.4, 0.5) is 18.0 Å². The van der Waals surface area contributed by atoms with Crippen LogP contribution in [-0.4, -0.2) is 50.1 Å². The van der Waals surface area contributed by atoms with E-state index < -0.39 is 36.0 Å². The third-order valence-corrected chi connectivity index (χ3v) is 6.99. The summed E-state index contributed by atoms with van der Waals surface area (Å²) in [5, 5.41) is 22.5. The summed E-state index contributed by atoms with van der Waals surface area (Å²) in [5.41, 5.74) is 0.641. The van der Waals surface area contributed by atoms with Crippen molar-refractivity contribution in [1.29, 1.82) is 0 Å². The number of hydrogen-bond donors (Lipinski definition) is 2. The number of carbonyl (C=O) groups excluding carboxylic acids is 1. The Morgan fingerprint density at radius 2 is 1.97 bits per heavy atom. The lowest BCUT2D eigenvalue weighted by Crippen LogP contribution is -2.43. The van der Waals surface area contributed by atoms with Crippen molar-refractivity contribution in [3.63, 3.8) is 0 Å². The Morgan fingerprint density at radius 3 is 2.70 bits per heavy atom. The van der Waals surface area contributed by atoms with Gasteiger partial charge in [0.2, 0.25) is 0 Å². The van der Waals surface area contributed by atoms with Gasteiger partial charge < -0.3 is 24.6 Å². The van der Waals surface area contributed by atoms with Gasteiger partial charge in [0, 0.05) is 30.0 Å². The van der Waals surface area contributed by atoms with Gasteiger partial charge in [0.15, 0.2) is 5.82 Å². The second-order valence-electron chi connectivity index (χ2n) is 9.27. The van der Waals surface area contributed by atoms with Crippen LogP contribution in [0.3, 0.4) is 0 Å². The molecule has 0 bridgehead atoms. The van der Waals surface area contributed by atoms with Crippen LogP contribution in [0.15, 0.2) is 42.5 Å². The summed E-state index contributed by atoms with van der Waals surface area (Å²) in [7, 11) is 0. The molecule has 2 aromatic carbocycles. The minimum absolute atomic E-state index is 0.0897. The maximum absolute atomic E-state index is 13.4. The predicted octanol–water partition coefficient (Wildman–Crippen LogP) is 4.65. The Hall–Kier alpha value is -3.31. The van der Waals surface area contributed by atoms with Crippen LogP contribution in [0.2, 0.25) is 5.02 Å². The van der Waals surface area contributed by atoms with Crippen LogP contribution in [0.25, 0.3) is 0 Å². The van der Waals surface area contributed by atoms with E-state index in [0.717, 1.165) is 17.7 Å². The number of amides is 2. The number of nitrogens with one attached hydrogen (secondary N) is 1. The van der Waals surface area contributed by atoms with Crippen molar-refractivity contribution in [2.75, 3.05) is 13.2 Å². The van der Waals surface area contributed by atoms with Gasteiger partial charge in [0.25, 0.3) is 0 Å². The molecule has 2 aliphatic rings. The number of halogens is 4. The molecule has 0 radical (unpaired) electrons. The molecular formula is C25H25ClF3N5O3. The molecule has 0 aliphatic carbocycles. The van der Waals surface area contributed by atoms with E-state index in [1.165, 1.54) is 11.0 Å². The Labute approximate surface area is 216 Å². The van der Waals surface area contributed by atoms with E-state index in [4.69, 9.17) is 16.3 Å². The molecule has 3 aromatic rings. The second kappa shape index (κ2) is 9.86. The van der Waals surface area contributed by atoms with Crippen molar-refractivity contribution in [3.05, 3.63) is 75.8 Å². The fourth-order valence-electron chi connectivity index (χ4n) is 4.84. The molecule has 2 amide bonds. The van der Waals surface area contributed by atoms with Gasteiger partial charge in [0.1, 0.15) is 11.6 Å². The van der Waals surface area contributed by atoms with E-state index in [1.54, 1.807) is 12.1 Å². The van der Waals surface area contributed by atoms with Crippen LogP contribution in [0, 0.1) is 6.92 Å². The molecule has 1 unspecified atom stereocenters. The number of alkyl halides is 3. The van der Waals surface area contributed by atoms with E-state index in [2.05, 4.69) is 15.5 Å². The maximum Gasteiger partial charge on any atom is 0.416 e. The number of hydrogen-bond acceptors (Lipinski definition) is 5. The zero-order valence-electron chi connectivity index (χ0n) is 19.9.